The second kappa shape index (κ2) is 7.09. The third kappa shape index (κ3) is 4.09. The second-order valence-electron chi connectivity index (χ2n) is 4.01. The van der Waals surface area contributed by atoms with Crippen LogP contribution in [0.3, 0.4) is 0 Å². The smallest absolute Gasteiger partial charge is 0.341 e. The Balaban J connectivity index is 1.82. The summed E-state index contributed by atoms with van der Waals surface area (Å²) in [5.41, 5.74) is 0.454. The SMILES string of the molecule is CCOC(=O)c1cnn(CCOc2ccc(Br)cc2)c1. The molecule has 5 nitrogen and oxygen atoms in total. The maximum Gasteiger partial charge on any atom is 0.341 e. The van der Waals surface area contributed by atoms with Crippen LogP contribution in [0.1, 0.15) is 17.3 Å². The van der Waals surface area contributed by atoms with Crippen molar-refractivity contribution in [1.82, 2.24) is 9.78 Å². The molecule has 0 radical (unpaired) electrons. The van der Waals surface area contributed by atoms with Crippen LogP contribution in [0.25, 0.3) is 0 Å². The van der Waals surface area contributed by atoms with E-state index in [2.05, 4.69) is 21.0 Å². The Morgan fingerprint density at radius 3 is 2.80 bits per heavy atom. The Labute approximate surface area is 125 Å². The van der Waals surface area contributed by atoms with Crippen LogP contribution in [0.2, 0.25) is 0 Å². The van der Waals surface area contributed by atoms with Crippen molar-refractivity contribution in [3.8, 4) is 5.75 Å². The third-order valence-electron chi connectivity index (χ3n) is 2.55. The number of hydrogen-bond acceptors (Lipinski definition) is 4. The molecule has 0 aliphatic heterocycles. The minimum absolute atomic E-state index is 0.354. The van der Waals surface area contributed by atoms with Crippen molar-refractivity contribution in [3.63, 3.8) is 0 Å². The van der Waals surface area contributed by atoms with Crippen molar-refractivity contribution < 1.29 is 14.3 Å². The van der Waals surface area contributed by atoms with Gasteiger partial charge in [0.2, 0.25) is 0 Å². The van der Waals surface area contributed by atoms with Gasteiger partial charge in [-0.15, -0.1) is 0 Å². The molecule has 0 saturated carbocycles. The molecule has 0 unspecified atom stereocenters. The van der Waals surface area contributed by atoms with Crippen molar-refractivity contribution in [2.24, 2.45) is 0 Å². The van der Waals surface area contributed by atoms with Crippen LogP contribution < -0.4 is 4.74 Å². The summed E-state index contributed by atoms with van der Waals surface area (Å²) in [6.07, 6.45) is 3.15. The number of ether oxygens (including phenoxy) is 2. The summed E-state index contributed by atoms with van der Waals surface area (Å²) in [5.74, 6) is 0.443. The molecule has 0 aliphatic rings. The fourth-order valence-corrected chi connectivity index (χ4v) is 1.86. The van der Waals surface area contributed by atoms with Gasteiger partial charge in [0.25, 0.3) is 0 Å². The lowest BCUT2D eigenvalue weighted by Crippen LogP contribution is -2.09. The van der Waals surface area contributed by atoms with Gasteiger partial charge in [-0.1, -0.05) is 15.9 Å². The van der Waals surface area contributed by atoms with Crippen LogP contribution in [-0.4, -0.2) is 29.0 Å². The number of esters is 1. The summed E-state index contributed by atoms with van der Waals surface area (Å²) in [4.78, 5) is 11.5. The molecule has 0 atom stereocenters. The predicted molar refractivity (Wildman–Crippen MR) is 77.8 cm³/mol. The van der Waals surface area contributed by atoms with E-state index in [1.54, 1.807) is 17.8 Å². The van der Waals surface area contributed by atoms with E-state index in [0.717, 1.165) is 10.2 Å². The first-order valence-electron chi connectivity index (χ1n) is 6.27. The summed E-state index contributed by atoms with van der Waals surface area (Å²) in [6.45, 7) is 3.17. The summed E-state index contributed by atoms with van der Waals surface area (Å²) < 4.78 is 13.2. The Bertz CT molecular complexity index is 566. The molecule has 0 aliphatic carbocycles. The Hall–Kier alpha value is -1.82. The van der Waals surface area contributed by atoms with Gasteiger partial charge in [0, 0.05) is 10.7 Å². The molecule has 2 rings (SSSR count). The summed E-state index contributed by atoms with van der Waals surface area (Å²) in [5, 5.41) is 4.09. The molecule has 106 valence electrons. The zero-order valence-electron chi connectivity index (χ0n) is 11.1. The Morgan fingerprint density at radius 1 is 1.35 bits per heavy atom. The number of aromatic nitrogens is 2. The quantitative estimate of drug-likeness (QED) is 0.760. The molecule has 20 heavy (non-hydrogen) atoms. The molecule has 0 amide bonds. The number of halogens is 1. The van der Waals surface area contributed by atoms with Crippen LogP contribution >= 0.6 is 15.9 Å². The molecule has 1 aromatic heterocycles. The van der Waals surface area contributed by atoms with E-state index in [4.69, 9.17) is 9.47 Å². The van der Waals surface area contributed by atoms with E-state index < -0.39 is 0 Å². The number of benzene rings is 1. The number of carbonyl (C=O) groups is 1. The van der Waals surface area contributed by atoms with Crippen molar-refractivity contribution in [1.29, 1.82) is 0 Å². The molecule has 1 heterocycles. The van der Waals surface area contributed by atoms with E-state index in [1.165, 1.54) is 6.20 Å². The fraction of sp³-hybridized carbons (Fsp3) is 0.286. The number of nitrogens with zero attached hydrogens (tertiary/aromatic N) is 2. The highest BCUT2D eigenvalue weighted by molar-refractivity contribution is 9.10. The van der Waals surface area contributed by atoms with Gasteiger partial charge >= 0.3 is 5.97 Å². The molecular weight excluding hydrogens is 324 g/mol. The third-order valence-corrected chi connectivity index (χ3v) is 3.08. The number of carbonyl (C=O) groups excluding carboxylic acids is 1. The number of rotatable bonds is 6. The first-order valence-corrected chi connectivity index (χ1v) is 7.06. The van der Waals surface area contributed by atoms with Gasteiger partial charge in [-0.3, -0.25) is 4.68 Å². The second-order valence-corrected chi connectivity index (χ2v) is 4.93. The molecule has 0 spiro atoms. The lowest BCUT2D eigenvalue weighted by atomic mass is 10.3. The van der Waals surface area contributed by atoms with Crippen LogP contribution in [0, 0.1) is 0 Å². The first-order chi connectivity index (χ1) is 9.69. The minimum Gasteiger partial charge on any atom is -0.492 e. The van der Waals surface area contributed by atoms with Crippen LogP contribution in [0.5, 0.6) is 5.75 Å². The molecule has 6 heteroatoms. The Morgan fingerprint density at radius 2 is 2.10 bits per heavy atom. The van der Waals surface area contributed by atoms with Crippen molar-refractivity contribution >= 4 is 21.9 Å². The monoisotopic (exact) mass is 338 g/mol. The maximum absolute atomic E-state index is 11.5. The Kier molecular flexibility index (Phi) is 5.17. The van der Waals surface area contributed by atoms with Gasteiger partial charge in [0.1, 0.15) is 12.4 Å². The van der Waals surface area contributed by atoms with Crippen molar-refractivity contribution in [3.05, 3.63) is 46.7 Å². The van der Waals surface area contributed by atoms with E-state index in [0.29, 0.717) is 25.3 Å². The van der Waals surface area contributed by atoms with Crippen LogP contribution in [0.15, 0.2) is 41.1 Å². The maximum atomic E-state index is 11.5. The van der Waals surface area contributed by atoms with Crippen LogP contribution in [-0.2, 0) is 11.3 Å². The van der Waals surface area contributed by atoms with Gasteiger partial charge in [-0.2, -0.15) is 5.10 Å². The van der Waals surface area contributed by atoms with Gasteiger partial charge in [0.05, 0.1) is 24.9 Å². The van der Waals surface area contributed by atoms with Gasteiger partial charge in [-0.05, 0) is 31.2 Å². The van der Waals surface area contributed by atoms with E-state index in [-0.39, 0.29) is 5.97 Å². The average Bonchev–Trinajstić information content (AvgIpc) is 2.90. The molecule has 0 N–H and O–H groups in total. The summed E-state index contributed by atoms with van der Waals surface area (Å²) in [6, 6.07) is 7.61. The molecular formula is C14H15BrN2O3. The lowest BCUT2D eigenvalue weighted by Gasteiger charge is -2.06. The topological polar surface area (TPSA) is 53.3 Å². The van der Waals surface area contributed by atoms with Gasteiger partial charge < -0.3 is 9.47 Å². The average molecular weight is 339 g/mol. The largest absolute Gasteiger partial charge is 0.492 e. The van der Waals surface area contributed by atoms with E-state index in [1.807, 2.05) is 24.3 Å². The van der Waals surface area contributed by atoms with E-state index >= 15 is 0 Å². The first kappa shape index (κ1) is 14.6. The standard InChI is InChI=1S/C14H15BrN2O3/c1-2-19-14(18)11-9-16-17(10-11)7-8-20-13-5-3-12(15)4-6-13/h3-6,9-10H,2,7-8H2,1H3. The van der Waals surface area contributed by atoms with Crippen molar-refractivity contribution in [2.75, 3.05) is 13.2 Å². The van der Waals surface area contributed by atoms with Crippen LogP contribution in [0.4, 0.5) is 0 Å². The van der Waals surface area contributed by atoms with E-state index in [9.17, 15) is 4.79 Å². The van der Waals surface area contributed by atoms with Gasteiger partial charge in [-0.25, -0.2) is 4.79 Å². The van der Waals surface area contributed by atoms with Crippen molar-refractivity contribution in [2.45, 2.75) is 13.5 Å². The lowest BCUT2D eigenvalue weighted by molar-refractivity contribution is 0.0526. The van der Waals surface area contributed by atoms with Gasteiger partial charge in [0.15, 0.2) is 0 Å². The molecule has 0 bridgehead atoms. The fourth-order valence-electron chi connectivity index (χ4n) is 1.59. The molecule has 1 aromatic carbocycles. The normalized spacial score (nSPS) is 10.3. The minimum atomic E-state index is -0.354. The number of hydrogen-bond donors (Lipinski definition) is 0. The zero-order valence-corrected chi connectivity index (χ0v) is 12.7. The predicted octanol–water partition coefficient (Wildman–Crippen LogP) is 2.90. The highest BCUT2D eigenvalue weighted by atomic mass is 79.9. The highest BCUT2D eigenvalue weighted by Gasteiger charge is 2.08. The zero-order chi connectivity index (χ0) is 14.4. The summed E-state index contributed by atoms with van der Waals surface area (Å²) >= 11 is 3.37. The molecule has 0 saturated heterocycles. The highest BCUT2D eigenvalue weighted by Crippen LogP contribution is 2.16. The summed E-state index contributed by atoms with van der Waals surface area (Å²) in [7, 11) is 0. The molecule has 0 fully saturated rings. The molecule has 2 aromatic rings.